The van der Waals surface area contributed by atoms with Gasteiger partial charge < -0.3 is 4.48 Å². The fourth-order valence-electron chi connectivity index (χ4n) is 7.63. The third kappa shape index (κ3) is 5.88. The van der Waals surface area contributed by atoms with Crippen molar-refractivity contribution in [3.05, 3.63) is 148 Å². The van der Waals surface area contributed by atoms with Crippen LogP contribution in [0.25, 0.3) is 42.0 Å². The van der Waals surface area contributed by atoms with Crippen molar-refractivity contribution >= 4 is 116 Å². The van der Waals surface area contributed by atoms with Crippen LogP contribution in [0.4, 0.5) is 0 Å². The Morgan fingerprint density at radius 1 is 0.549 bits per heavy atom. The zero-order valence-corrected chi connectivity index (χ0v) is 31.7. The van der Waals surface area contributed by atoms with E-state index in [1.165, 1.54) is 64.3 Å². The van der Waals surface area contributed by atoms with E-state index in [2.05, 4.69) is 167 Å². The van der Waals surface area contributed by atoms with Crippen molar-refractivity contribution in [3.63, 3.8) is 0 Å². The van der Waals surface area contributed by atoms with Gasteiger partial charge >= 0.3 is 6.28 Å². The highest BCUT2D eigenvalue weighted by Gasteiger charge is 2.55. The maximum absolute atomic E-state index is 4.22. The summed E-state index contributed by atoms with van der Waals surface area (Å²) in [5.74, 6) is 0. The SMILES string of the molecule is BrB1c2ccccc2-c2ccccc21.Brc1ccsc1-c1nccs1.C.C.C.c1ccc2c(c1)-c1ccccc1[B-]21c2ccsc2-c2scc[n+]21. The average molecular weight is 866 g/mol. The smallest absolute Gasteiger partial charge is 0.363 e. The Kier molecular flexibility index (Phi) is 11.2. The van der Waals surface area contributed by atoms with Crippen LogP contribution in [-0.4, -0.2) is 16.8 Å². The molecule has 4 aromatic heterocycles. The molecule has 1 spiro atoms. The summed E-state index contributed by atoms with van der Waals surface area (Å²) >= 11 is 14.3. The van der Waals surface area contributed by atoms with Crippen molar-refractivity contribution in [1.82, 2.24) is 4.98 Å². The van der Waals surface area contributed by atoms with E-state index in [0.29, 0.717) is 5.54 Å². The fourth-order valence-corrected chi connectivity index (χ4v) is 13.0. The zero-order valence-electron chi connectivity index (χ0n) is 25.3. The second-order valence-electron chi connectivity index (χ2n) is 11.8. The Hall–Kier alpha value is -3.37. The van der Waals surface area contributed by atoms with E-state index in [1.807, 2.05) is 40.3 Å². The molecule has 7 heterocycles. The first-order valence-corrected chi connectivity index (χ1v) is 20.8. The summed E-state index contributed by atoms with van der Waals surface area (Å²) in [6, 6.07) is 39.4. The number of hydrogen-bond donors (Lipinski definition) is 0. The number of hydrogen-bond acceptors (Lipinski definition) is 5. The molecule has 0 fully saturated rings. The van der Waals surface area contributed by atoms with E-state index in [4.69, 9.17) is 0 Å². The number of halogens is 2. The first-order valence-electron chi connectivity index (χ1n) is 15.6. The maximum Gasteiger partial charge on any atom is 0.363 e. The van der Waals surface area contributed by atoms with E-state index in [-0.39, 0.29) is 22.3 Å². The minimum absolute atomic E-state index is 0. The lowest BCUT2D eigenvalue weighted by molar-refractivity contribution is -0.518. The summed E-state index contributed by atoms with van der Waals surface area (Å²) in [5, 5.41) is 11.0. The lowest BCUT2D eigenvalue weighted by Crippen LogP contribution is -2.80. The van der Waals surface area contributed by atoms with Crippen molar-refractivity contribution in [2.75, 3.05) is 0 Å². The number of rotatable bonds is 1. The van der Waals surface area contributed by atoms with Crippen molar-refractivity contribution in [3.8, 4) is 42.0 Å². The van der Waals surface area contributed by atoms with Crippen LogP contribution in [-0.2, 0) is 0 Å². The Morgan fingerprint density at radius 3 is 1.67 bits per heavy atom. The minimum atomic E-state index is -1.05. The number of thiophene rings is 2. The van der Waals surface area contributed by atoms with Crippen LogP contribution in [0.2, 0.25) is 0 Å². The topological polar surface area (TPSA) is 16.8 Å². The van der Waals surface area contributed by atoms with Crippen molar-refractivity contribution < 1.29 is 4.48 Å². The standard InChI is InChI=1S/C19H12BNS2.C12H8BBr.C7H4BrNS2.3CH4/c1-3-7-15-13(5-1)14-6-2-4-8-16(14)20(15)17-9-11-22-18(17)19-21(20)10-12-23-19;14-13-11-7-3-1-5-9(11)10-6-2-4-8-12(10)13;8-5-1-3-10-6(5)7-9-2-4-11-7;;;/h1-12H;1-8H;1-4H;3*1H4. The third-order valence-corrected chi connectivity index (χ3v) is 15.2. The molecule has 11 rings (SSSR count). The molecule has 2 nitrogen and oxygen atoms in total. The van der Waals surface area contributed by atoms with Crippen LogP contribution < -0.4 is 31.8 Å². The molecule has 3 aliphatic rings. The van der Waals surface area contributed by atoms with E-state index in [1.54, 1.807) is 22.7 Å². The predicted octanol–water partition coefficient (Wildman–Crippen LogP) is 10.3. The second kappa shape index (κ2) is 15.3. The molecule has 8 aromatic rings. The normalized spacial score (nSPS) is 12.5. The van der Waals surface area contributed by atoms with Gasteiger partial charge in [0.05, 0.1) is 15.1 Å². The van der Waals surface area contributed by atoms with E-state index >= 15 is 0 Å². The van der Waals surface area contributed by atoms with Gasteiger partial charge in [0, 0.05) is 16.0 Å². The fraction of sp³-hybridized carbons (Fsp3) is 0.0732. The summed E-state index contributed by atoms with van der Waals surface area (Å²) in [5.41, 5.74) is 13.1. The lowest BCUT2D eigenvalue weighted by atomic mass is 9.27. The molecule has 4 aromatic carbocycles. The molecule has 51 heavy (non-hydrogen) atoms. The van der Waals surface area contributed by atoms with Gasteiger partial charge in [-0.15, -0.1) is 66.2 Å². The highest BCUT2D eigenvalue weighted by Crippen LogP contribution is 2.37. The van der Waals surface area contributed by atoms with Crippen LogP contribution in [0.15, 0.2) is 148 Å². The van der Waals surface area contributed by atoms with Gasteiger partial charge in [-0.1, -0.05) is 148 Å². The van der Waals surface area contributed by atoms with Crippen LogP contribution in [0.5, 0.6) is 0 Å². The largest absolute Gasteiger partial charge is 0.397 e. The number of fused-ring (bicyclic) bond motifs is 13. The third-order valence-electron chi connectivity index (χ3n) is 9.51. The second-order valence-corrected chi connectivity index (χ2v) is 17.2. The molecular weight excluding hydrogens is 830 g/mol. The first-order chi connectivity index (χ1) is 23.7. The monoisotopic (exact) mass is 864 g/mol. The minimum Gasteiger partial charge on any atom is -0.397 e. The molecule has 0 unspecified atom stereocenters. The Bertz CT molecular complexity index is 2300. The molecule has 254 valence electrons. The molecule has 0 atom stereocenters. The van der Waals surface area contributed by atoms with Crippen LogP contribution in [0, 0.1) is 0 Å². The number of nitrogens with zero attached hydrogens (tertiary/aromatic N) is 2. The Labute approximate surface area is 334 Å². The number of aromatic nitrogens is 2. The van der Waals surface area contributed by atoms with Gasteiger partial charge in [-0.25, -0.2) is 4.98 Å². The quantitative estimate of drug-likeness (QED) is 0.150. The molecule has 0 aliphatic carbocycles. The van der Waals surface area contributed by atoms with E-state index in [0.717, 1.165) is 9.48 Å². The molecular formula is C41H36B2Br2N2S4. The van der Waals surface area contributed by atoms with E-state index < -0.39 is 6.28 Å². The van der Waals surface area contributed by atoms with Crippen molar-refractivity contribution in [2.45, 2.75) is 22.3 Å². The Balaban J connectivity index is 0.000000139. The molecule has 10 heteroatoms. The van der Waals surface area contributed by atoms with Gasteiger partial charge in [0.2, 0.25) is 5.01 Å². The average Bonchev–Trinajstić information content (AvgIpc) is 3.99. The van der Waals surface area contributed by atoms with Crippen molar-refractivity contribution in [2.24, 2.45) is 0 Å². The highest BCUT2D eigenvalue weighted by molar-refractivity contribution is 9.25. The van der Waals surface area contributed by atoms with Gasteiger partial charge in [0.1, 0.15) is 11.2 Å². The van der Waals surface area contributed by atoms with E-state index in [9.17, 15) is 0 Å². The van der Waals surface area contributed by atoms with Crippen molar-refractivity contribution in [1.29, 1.82) is 0 Å². The zero-order chi connectivity index (χ0) is 32.2. The van der Waals surface area contributed by atoms with Crippen LogP contribution >= 0.6 is 77.0 Å². The van der Waals surface area contributed by atoms with Gasteiger partial charge in [0.15, 0.2) is 0 Å². The Morgan fingerprint density at radius 2 is 1.10 bits per heavy atom. The van der Waals surface area contributed by atoms with Gasteiger partial charge in [-0.3, -0.25) is 0 Å². The van der Waals surface area contributed by atoms with Crippen LogP contribution in [0.3, 0.4) is 0 Å². The maximum atomic E-state index is 4.22. The molecule has 0 amide bonds. The summed E-state index contributed by atoms with van der Waals surface area (Å²) in [6.45, 7) is 0. The summed E-state index contributed by atoms with van der Waals surface area (Å²) in [6.07, 6.45) is 3.06. The van der Waals surface area contributed by atoms with Gasteiger partial charge in [0.25, 0.3) is 5.54 Å². The van der Waals surface area contributed by atoms with Gasteiger partial charge in [-0.05, 0) is 55.0 Å². The summed E-state index contributed by atoms with van der Waals surface area (Å²) < 4.78 is 3.69. The molecule has 0 saturated carbocycles. The molecule has 0 bridgehead atoms. The lowest BCUT2D eigenvalue weighted by Gasteiger charge is -2.28. The van der Waals surface area contributed by atoms with Gasteiger partial charge in [-0.2, -0.15) is 0 Å². The molecule has 0 N–H and O–H groups in total. The summed E-state index contributed by atoms with van der Waals surface area (Å²) in [4.78, 5) is 6.89. The molecule has 0 saturated heterocycles. The first kappa shape index (κ1) is 37.4. The molecule has 0 radical (unpaired) electrons. The highest BCUT2D eigenvalue weighted by atomic mass is 79.9. The number of thiazole rings is 2. The molecule has 3 aliphatic heterocycles. The number of benzene rings is 4. The van der Waals surface area contributed by atoms with Crippen LogP contribution in [0.1, 0.15) is 22.3 Å². The summed E-state index contributed by atoms with van der Waals surface area (Å²) in [7, 11) is 0. The predicted molar refractivity (Wildman–Crippen MR) is 239 cm³/mol.